The molecule has 0 saturated carbocycles. The highest BCUT2D eigenvalue weighted by Gasteiger charge is 2.19. The van der Waals surface area contributed by atoms with Crippen molar-refractivity contribution in [1.82, 2.24) is 0 Å². The predicted octanol–water partition coefficient (Wildman–Crippen LogP) is 20.4. The molecule has 0 aliphatic rings. The quantitative estimate of drug-likeness (QED) is 0.0261. The second kappa shape index (κ2) is 60.8. The first kappa shape index (κ1) is 69.3. The Bertz CT molecular complexity index is 1640. The summed E-state index contributed by atoms with van der Waals surface area (Å²) in [6, 6.07) is 0. The van der Waals surface area contributed by atoms with Gasteiger partial charge in [-0.25, -0.2) is 0 Å². The molecule has 0 N–H and O–H groups in total. The largest absolute Gasteiger partial charge is 0.462 e. The van der Waals surface area contributed by atoms with Crippen molar-refractivity contribution < 1.29 is 28.6 Å². The minimum atomic E-state index is -0.808. The minimum Gasteiger partial charge on any atom is -0.462 e. The molecule has 416 valence electrons. The van der Waals surface area contributed by atoms with Crippen molar-refractivity contribution in [3.05, 3.63) is 146 Å². The number of ether oxygens (including phenoxy) is 3. The molecule has 6 heteroatoms. The van der Waals surface area contributed by atoms with Crippen LogP contribution in [0.15, 0.2) is 146 Å². The first-order chi connectivity index (χ1) is 36.5. The predicted molar refractivity (Wildman–Crippen MR) is 320 cm³/mol. The smallest absolute Gasteiger partial charge is 0.306 e. The molecular weight excluding hydrogens is 913 g/mol. The van der Waals surface area contributed by atoms with Gasteiger partial charge in [0.05, 0.1) is 0 Å². The van der Waals surface area contributed by atoms with Gasteiger partial charge in [-0.3, -0.25) is 14.4 Å². The number of carbonyl (C=O) groups is 3. The summed E-state index contributed by atoms with van der Waals surface area (Å²) in [6.07, 6.45) is 87.0. The van der Waals surface area contributed by atoms with Gasteiger partial charge in [0, 0.05) is 19.3 Å². The van der Waals surface area contributed by atoms with E-state index >= 15 is 0 Å². The van der Waals surface area contributed by atoms with Gasteiger partial charge in [0.15, 0.2) is 6.10 Å². The van der Waals surface area contributed by atoms with E-state index in [0.717, 1.165) is 161 Å². The molecule has 6 nitrogen and oxygen atoms in total. The zero-order valence-corrected chi connectivity index (χ0v) is 47.5. The fourth-order valence-corrected chi connectivity index (χ4v) is 7.68. The van der Waals surface area contributed by atoms with Crippen LogP contribution in [0, 0.1) is 0 Å². The van der Waals surface area contributed by atoms with E-state index in [9.17, 15) is 14.4 Å². The number of hydrogen-bond donors (Lipinski definition) is 0. The van der Waals surface area contributed by atoms with Crippen LogP contribution < -0.4 is 0 Å². The van der Waals surface area contributed by atoms with Crippen molar-refractivity contribution >= 4 is 17.9 Å². The third-order valence-electron chi connectivity index (χ3n) is 12.1. The fourth-order valence-electron chi connectivity index (χ4n) is 7.68. The SMILES string of the molecule is CC/C=C\C/C=C\C/C=C\C/C=C\C/C=C\C/C=C\C/C=C\CCCCCCCC(=O)OCC(COC(=O)CCCCCCCCCCCC)OC(=O)CCCCC/C=C\C/C=C\C/C=C\C/C=C\C/C=C\CC. The average molecular weight is 1020 g/mol. The van der Waals surface area contributed by atoms with Crippen molar-refractivity contribution in [2.45, 2.75) is 252 Å². The minimum absolute atomic E-state index is 0.102. The molecule has 0 rings (SSSR count). The Morgan fingerprint density at radius 3 is 0.838 bits per heavy atom. The lowest BCUT2D eigenvalue weighted by molar-refractivity contribution is -0.167. The maximum absolute atomic E-state index is 12.8. The van der Waals surface area contributed by atoms with E-state index in [2.05, 4.69) is 167 Å². The van der Waals surface area contributed by atoms with Crippen LogP contribution in [-0.2, 0) is 28.6 Å². The van der Waals surface area contributed by atoms with E-state index < -0.39 is 6.10 Å². The van der Waals surface area contributed by atoms with Crippen LogP contribution in [0.3, 0.4) is 0 Å². The Labute approximate surface area is 455 Å². The Morgan fingerprint density at radius 1 is 0.284 bits per heavy atom. The van der Waals surface area contributed by atoms with E-state index in [1.165, 1.54) is 44.9 Å². The second-order valence-corrected chi connectivity index (χ2v) is 19.1. The van der Waals surface area contributed by atoms with E-state index in [-0.39, 0.29) is 37.5 Å². The van der Waals surface area contributed by atoms with Crippen LogP contribution in [0.4, 0.5) is 0 Å². The molecule has 0 aromatic heterocycles. The summed E-state index contributed by atoms with van der Waals surface area (Å²) in [5.41, 5.74) is 0. The van der Waals surface area contributed by atoms with Gasteiger partial charge in [-0.05, 0) is 122 Å². The third-order valence-corrected chi connectivity index (χ3v) is 12.1. The van der Waals surface area contributed by atoms with Crippen molar-refractivity contribution in [3.8, 4) is 0 Å². The van der Waals surface area contributed by atoms with Crippen molar-refractivity contribution in [1.29, 1.82) is 0 Å². The second-order valence-electron chi connectivity index (χ2n) is 19.1. The Balaban J connectivity index is 4.41. The van der Waals surface area contributed by atoms with E-state index in [1.54, 1.807) is 0 Å². The highest BCUT2D eigenvalue weighted by molar-refractivity contribution is 5.71. The summed E-state index contributed by atoms with van der Waals surface area (Å²) >= 11 is 0. The van der Waals surface area contributed by atoms with E-state index in [4.69, 9.17) is 14.2 Å². The summed E-state index contributed by atoms with van der Waals surface area (Å²) in [4.78, 5) is 38.1. The maximum Gasteiger partial charge on any atom is 0.306 e. The molecule has 0 fully saturated rings. The molecule has 0 aliphatic heterocycles. The first-order valence-electron chi connectivity index (χ1n) is 29.8. The van der Waals surface area contributed by atoms with E-state index in [0.29, 0.717) is 12.8 Å². The molecule has 0 heterocycles. The highest BCUT2D eigenvalue weighted by atomic mass is 16.6. The van der Waals surface area contributed by atoms with Gasteiger partial charge < -0.3 is 14.2 Å². The molecule has 0 radical (unpaired) electrons. The van der Waals surface area contributed by atoms with Crippen molar-refractivity contribution in [2.24, 2.45) is 0 Å². The lowest BCUT2D eigenvalue weighted by Crippen LogP contribution is -2.30. The number of rotatable bonds is 52. The Kier molecular flexibility index (Phi) is 57.0. The molecular formula is C68H108O6. The van der Waals surface area contributed by atoms with Crippen LogP contribution in [0.25, 0.3) is 0 Å². The molecule has 74 heavy (non-hydrogen) atoms. The molecule has 0 amide bonds. The molecule has 0 bridgehead atoms. The summed E-state index contributed by atoms with van der Waals surface area (Å²) in [5.74, 6) is -0.960. The number of carbonyl (C=O) groups excluding carboxylic acids is 3. The zero-order chi connectivity index (χ0) is 53.6. The number of allylic oxidation sites excluding steroid dienone is 24. The molecule has 1 atom stereocenters. The molecule has 0 spiro atoms. The van der Waals surface area contributed by atoms with Gasteiger partial charge in [0.1, 0.15) is 13.2 Å². The average Bonchev–Trinajstić information content (AvgIpc) is 3.40. The number of unbranched alkanes of at least 4 members (excludes halogenated alkanes) is 17. The summed E-state index contributed by atoms with van der Waals surface area (Å²) in [5, 5.41) is 0. The first-order valence-corrected chi connectivity index (χ1v) is 29.8. The van der Waals surface area contributed by atoms with Gasteiger partial charge >= 0.3 is 17.9 Å². The van der Waals surface area contributed by atoms with Crippen LogP contribution >= 0.6 is 0 Å². The maximum atomic E-state index is 12.8. The molecule has 0 saturated heterocycles. The summed E-state index contributed by atoms with van der Waals surface area (Å²) in [7, 11) is 0. The number of hydrogen-bond acceptors (Lipinski definition) is 6. The number of esters is 3. The lowest BCUT2D eigenvalue weighted by atomic mass is 10.1. The van der Waals surface area contributed by atoms with Crippen LogP contribution in [0.1, 0.15) is 245 Å². The topological polar surface area (TPSA) is 78.9 Å². The van der Waals surface area contributed by atoms with Crippen molar-refractivity contribution in [2.75, 3.05) is 13.2 Å². The molecule has 0 aromatic carbocycles. The van der Waals surface area contributed by atoms with Gasteiger partial charge in [-0.15, -0.1) is 0 Å². The lowest BCUT2D eigenvalue weighted by Gasteiger charge is -2.18. The molecule has 1 unspecified atom stereocenters. The summed E-state index contributed by atoms with van der Waals surface area (Å²) in [6.45, 7) is 6.35. The van der Waals surface area contributed by atoms with Gasteiger partial charge in [-0.2, -0.15) is 0 Å². The monoisotopic (exact) mass is 1020 g/mol. The highest BCUT2D eigenvalue weighted by Crippen LogP contribution is 2.14. The normalized spacial score (nSPS) is 13.2. The van der Waals surface area contributed by atoms with Gasteiger partial charge in [-0.1, -0.05) is 250 Å². The Morgan fingerprint density at radius 2 is 0.527 bits per heavy atom. The van der Waals surface area contributed by atoms with Crippen LogP contribution in [0.5, 0.6) is 0 Å². The molecule has 0 aromatic rings. The van der Waals surface area contributed by atoms with Crippen molar-refractivity contribution in [3.63, 3.8) is 0 Å². The zero-order valence-electron chi connectivity index (χ0n) is 47.5. The Hall–Kier alpha value is -4.71. The molecule has 0 aliphatic carbocycles. The third kappa shape index (κ3) is 58.2. The summed E-state index contributed by atoms with van der Waals surface area (Å²) < 4.78 is 16.8. The fraction of sp³-hybridized carbons (Fsp3) is 0.603. The van der Waals surface area contributed by atoms with E-state index in [1.807, 2.05) is 0 Å². The van der Waals surface area contributed by atoms with Gasteiger partial charge in [0.25, 0.3) is 0 Å². The van der Waals surface area contributed by atoms with Crippen LogP contribution in [0.2, 0.25) is 0 Å². The van der Waals surface area contributed by atoms with Crippen LogP contribution in [-0.4, -0.2) is 37.2 Å². The standard InChI is InChI=1S/C68H108O6/c1-4-7-10-13-16-19-22-24-26-28-30-31-32-33-34-35-36-37-39-40-42-44-46-49-52-55-58-61-67(70)73-64-65(63-72-66(69)60-57-54-51-48-21-18-15-12-9-6-3)74-68(71)62-59-56-53-50-47-45-43-41-38-29-27-25-23-20-17-14-11-8-5-2/h7-8,10-11,16-17,19-20,24-27,30-31,33-34,36-38,40-42,45,47,65H,4-6,9,12-15,18,21-23,28-29,32,35,39,43-44,46,48-64H2,1-3H3/b10-7-,11-8-,19-16-,20-17-,26-24-,27-25-,31-30-,34-33-,37-36-,41-38-,42-40-,47-45-. The van der Waals surface area contributed by atoms with Gasteiger partial charge in [0.2, 0.25) is 0 Å².